The monoisotopic (exact) mass is 252 g/mol. The van der Waals surface area contributed by atoms with Crippen LogP contribution in [-0.4, -0.2) is 33.2 Å². The molecule has 0 radical (unpaired) electrons. The van der Waals surface area contributed by atoms with Gasteiger partial charge in [-0.3, -0.25) is 4.79 Å². The van der Waals surface area contributed by atoms with Gasteiger partial charge in [0.05, 0.1) is 20.8 Å². The molecule has 5 heteroatoms. The van der Waals surface area contributed by atoms with E-state index in [0.29, 0.717) is 23.7 Å². The van der Waals surface area contributed by atoms with Crippen molar-refractivity contribution in [3.63, 3.8) is 0 Å². The Labute approximate surface area is 107 Å². The topological polar surface area (TPSA) is 59.6 Å². The second-order valence-electron chi connectivity index (χ2n) is 3.79. The minimum absolute atomic E-state index is 0.0735. The van der Waals surface area contributed by atoms with Crippen molar-refractivity contribution in [2.75, 3.05) is 32.6 Å². The first kappa shape index (κ1) is 14.3. The number of benzene rings is 1. The molecule has 1 aromatic carbocycles. The van der Waals surface area contributed by atoms with Crippen LogP contribution < -0.4 is 20.1 Å². The molecule has 0 bridgehead atoms. The Hall–Kier alpha value is -1.75. The molecule has 0 aliphatic rings. The highest BCUT2D eigenvalue weighted by molar-refractivity contribution is 5.92. The Morgan fingerprint density at radius 1 is 1.22 bits per heavy atom. The van der Waals surface area contributed by atoms with Crippen LogP contribution >= 0.6 is 0 Å². The third-order valence-corrected chi connectivity index (χ3v) is 2.38. The van der Waals surface area contributed by atoms with E-state index in [9.17, 15) is 4.79 Å². The van der Waals surface area contributed by atoms with Crippen LogP contribution in [0.2, 0.25) is 0 Å². The van der Waals surface area contributed by atoms with Crippen molar-refractivity contribution in [2.24, 2.45) is 0 Å². The van der Waals surface area contributed by atoms with Crippen molar-refractivity contribution < 1.29 is 14.3 Å². The number of ether oxygens (including phenoxy) is 2. The lowest BCUT2D eigenvalue weighted by molar-refractivity contribution is -0.115. The lowest BCUT2D eigenvalue weighted by Gasteiger charge is -2.10. The van der Waals surface area contributed by atoms with Gasteiger partial charge in [-0.25, -0.2) is 0 Å². The number of amides is 1. The first-order chi connectivity index (χ1) is 8.71. The van der Waals surface area contributed by atoms with E-state index in [0.717, 1.165) is 13.0 Å². The number of anilines is 1. The van der Waals surface area contributed by atoms with Crippen molar-refractivity contribution in [2.45, 2.75) is 13.3 Å². The van der Waals surface area contributed by atoms with E-state index < -0.39 is 0 Å². The normalized spacial score (nSPS) is 9.94. The average molecular weight is 252 g/mol. The van der Waals surface area contributed by atoms with E-state index in [1.807, 2.05) is 0 Å². The van der Waals surface area contributed by atoms with Crippen molar-refractivity contribution in [3.05, 3.63) is 18.2 Å². The van der Waals surface area contributed by atoms with Gasteiger partial charge in [-0.05, 0) is 25.1 Å². The molecule has 1 rings (SSSR count). The Kier molecular flexibility index (Phi) is 6.00. The van der Waals surface area contributed by atoms with E-state index in [1.54, 1.807) is 32.4 Å². The molecule has 0 saturated heterocycles. The van der Waals surface area contributed by atoms with Crippen molar-refractivity contribution in [1.29, 1.82) is 0 Å². The molecule has 0 fully saturated rings. The molecule has 0 unspecified atom stereocenters. The molecule has 100 valence electrons. The Bertz CT molecular complexity index is 394. The minimum atomic E-state index is -0.0735. The third-order valence-electron chi connectivity index (χ3n) is 2.38. The van der Waals surface area contributed by atoms with E-state index in [-0.39, 0.29) is 5.91 Å². The van der Waals surface area contributed by atoms with Gasteiger partial charge in [0.1, 0.15) is 0 Å². The van der Waals surface area contributed by atoms with Crippen molar-refractivity contribution in [1.82, 2.24) is 5.32 Å². The standard InChI is InChI=1S/C13H20N2O3/c1-4-7-14-9-13(16)15-10-5-6-11(17-2)12(8-10)18-3/h5-6,8,14H,4,7,9H2,1-3H3,(H,15,16). The molecule has 18 heavy (non-hydrogen) atoms. The van der Waals surface area contributed by atoms with Gasteiger partial charge in [0.15, 0.2) is 11.5 Å². The van der Waals surface area contributed by atoms with Gasteiger partial charge in [-0.1, -0.05) is 6.92 Å². The molecule has 0 heterocycles. The van der Waals surface area contributed by atoms with Crippen molar-refractivity contribution >= 4 is 11.6 Å². The van der Waals surface area contributed by atoms with Crippen LogP contribution in [0.25, 0.3) is 0 Å². The molecule has 0 aliphatic heterocycles. The SMILES string of the molecule is CCCNCC(=O)Nc1ccc(OC)c(OC)c1. The molecule has 5 nitrogen and oxygen atoms in total. The number of methoxy groups -OCH3 is 2. The zero-order chi connectivity index (χ0) is 13.4. The smallest absolute Gasteiger partial charge is 0.238 e. The van der Waals surface area contributed by atoms with Crippen LogP contribution in [0.3, 0.4) is 0 Å². The molecule has 0 saturated carbocycles. The van der Waals surface area contributed by atoms with Gasteiger partial charge in [-0.15, -0.1) is 0 Å². The van der Waals surface area contributed by atoms with Gasteiger partial charge in [0, 0.05) is 11.8 Å². The van der Waals surface area contributed by atoms with Gasteiger partial charge in [0.25, 0.3) is 0 Å². The maximum Gasteiger partial charge on any atom is 0.238 e. The first-order valence-corrected chi connectivity index (χ1v) is 5.93. The average Bonchev–Trinajstić information content (AvgIpc) is 2.39. The highest BCUT2D eigenvalue weighted by atomic mass is 16.5. The summed E-state index contributed by atoms with van der Waals surface area (Å²) in [7, 11) is 3.14. The number of hydrogen-bond donors (Lipinski definition) is 2. The number of rotatable bonds is 7. The molecular weight excluding hydrogens is 232 g/mol. The lowest BCUT2D eigenvalue weighted by atomic mass is 10.2. The van der Waals surface area contributed by atoms with Crippen LogP contribution in [0.15, 0.2) is 18.2 Å². The van der Waals surface area contributed by atoms with Gasteiger partial charge < -0.3 is 20.1 Å². The van der Waals surface area contributed by atoms with Crippen molar-refractivity contribution in [3.8, 4) is 11.5 Å². The van der Waals surface area contributed by atoms with E-state index in [4.69, 9.17) is 9.47 Å². The van der Waals surface area contributed by atoms with Crippen LogP contribution in [0.1, 0.15) is 13.3 Å². The first-order valence-electron chi connectivity index (χ1n) is 5.93. The highest BCUT2D eigenvalue weighted by Crippen LogP contribution is 2.29. The fourth-order valence-corrected chi connectivity index (χ4v) is 1.50. The quantitative estimate of drug-likeness (QED) is 0.724. The summed E-state index contributed by atoms with van der Waals surface area (Å²) in [5.41, 5.74) is 0.691. The number of carbonyl (C=O) groups is 1. The van der Waals surface area contributed by atoms with E-state index >= 15 is 0 Å². The van der Waals surface area contributed by atoms with Crippen LogP contribution in [0, 0.1) is 0 Å². The lowest BCUT2D eigenvalue weighted by Crippen LogP contribution is -2.28. The molecular formula is C13H20N2O3. The predicted octanol–water partition coefficient (Wildman–Crippen LogP) is 1.64. The van der Waals surface area contributed by atoms with Gasteiger partial charge in [0.2, 0.25) is 5.91 Å². The van der Waals surface area contributed by atoms with Gasteiger partial charge in [-0.2, -0.15) is 0 Å². The Morgan fingerprint density at radius 2 is 1.94 bits per heavy atom. The molecule has 0 spiro atoms. The molecule has 0 atom stereocenters. The summed E-state index contributed by atoms with van der Waals surface area (Å²) in [6.07, 6.45) is 1.00. The molecule has 1 aromatic rings. The molecule has 1 amide bonds. The molecule has 0 aromatic heterocycles. The highest BCUT2D eigenvalue weighted by Gasteiger charge is 2.06. The molecule has 0 aliphatic carbocycles. The Morgan fingerprint density at radius 3 is 2.56 bits per heavy atom. The second-order valence-corrected chi connectivity index (χ2v) is 3.79. The number of carbonyl (C=O) groups excluding carboxylic acids is 1. The fourth-order valence-electron chi connectivity index (χ4n) is 1.50. The second kappa shape index (κ2) is 7.55. The van der Waals surface area contributed by atoms with E-state index in [1.165, 1.54) is 0 Å². The maximum absolute atomic E-state index is 11.6. The van der Waals surface area contributed by atoms with Crippen LogP contribution in [0.5, 0.6) is 11.5 Å². The summed E-state index contributed by atoms with van der Waals surface area (Å²) in [5.74, 6) is 1.16. The summed E-state index contributed by atoms with van der Waals surface area (Å²) in [4.78, 5) is 11.6. The van der Waals surface area contributed by atoms with Gasteiger partial charge >= 0.3 is 0 Å². The van der Waals surface area contributed by atoms with Crippen LogP contribution in [-0.2, 0) is 4.79 Å². The number of nitrogens with one attached hydrogen (secondary N) is 2. The number of hydrogen-bond acceptors (Lipinski definition) is 4. The van der Waals surface area contributed by atoms with Crippen LogP contribution in [0.4, 0.5) is 5.69 Å². The maximum atomic E-state index is 11.6. The largest absolute Gasteiger partial charge is 0.493 e. The zero-order valence-electron chi connectivity index (χ0n) is 11.1. The summed E-state index contributed by atoms with van der Waals surface area (Å²) in [6.45, 7) is 3.20. The van der Waals surface area contributed by atoms with E-state index in [2.05, 4.69) is 17.6 Å². The summed E-state index contributed by atoms with van der Waals surface area (Å²) < 4.78 is 10.3. The summed E-state index contributed by atoms with van der Waals surface area (Å²) in [6, 6.07) is 5.27. The fraction of sp³-hybridized carbons (Fsp3) is 0.462. The molecule has 2 N–H and O–H groups in total. The Balaban J connectivity index is 2.59. The minimum Gasteiger partial charge on any atom is -0.493 e. The summed E-state index contributed by atoms with van der Waals surface area (Å²) in [5, 5.41) is 5.83. The zero-order valence-corrected chi connectivity index (χ0v) is 11.1. The predicted molar refractivity (Wildman–Crippen MR) is 71.3 cm³/mol. The third kappa shape index (κ3) is 4.25. The summed E-state index contributed by atoms with van der Waals surface area (Å²) >= 11 is 0.